The molecule has 0 aliphatic heterocycles. The highest BCUT2D eigenvalue weighted by Crippen LogP contribution is 2.28. The van der Waals surface area contributed by atoms with Crippen LogP contribution >= 0.6 is 11.8 Å². The Morgan fingerprint density at radius 2 is 1.75 bits per heavy atom. The molecule has 0 N–H and O–H groups in total. The van der Waals surface area contributed by atoms with Crippen molar-refractivity contribution in [2.24, 2.45) is 0 Å². The molecule has 4 rings (SSSR count). The number of hydrogen-bond acceptors (Lipinski definition) is 5. The molecule has 1 amide bonds. The average molecular weight is 446 g/mol. The Bertz CT molecular complexity index is 1320. The smallest absolute Gasteiger partial charge is 0.266 e. The topological polar surface area (TPSA) is 64.4 Å². The maximum absolute atomic E-state index is 13.4. The number of benzene rings is 3. The standard InChI is InChI=1S/C25H23N3O3S/c1-17(23(29)27(2)18-10-5-4-6-11-18)32-25-26-22-15-8-7-14-21(22)24(30)28(25)19-12-9-13-20(16-19)31-3/h4-17H,1-3H3/t17-/m1/s1. The second-order valence-electron chi connectivity index (χ2n) is 7.25. The number of carbonyl (C=O) groups is 1. The molecule has 7 heteroatoms. The minimum Gasteiger partial charge on any atom is -0.497 e. The van der Waals surface area contributed by atoms with E-state index in [0.717, 1.165) is 5.69 Å². The van der Waals surface area contributed by atoms with E-state index < -0.39 is 5.25 Å². The van der Waals surface area contributed by atoms with E-state index in [0.29, 0.717) is 27.5 Å². The number of methoxy groups -OCH3 is 1. The first-order valence-electron chi connectivity index (χ1n) is 10.1. The summed E-state index contributed by atoms with van der Waals surface area (Å²) in [5, 5.41) is 0.495. The van der Waals surface area contributed by atoms with Gasteiger partial charge in [0.25, 0.3) is 5.56 Å². The van der Waals surface area contributed by atoms with Crippen molar-refractivity contribution in [1.29, 1.82) is 0 Å². The molecule has 162 valence electrons. The summed E-state index contributed by atoms with van der Waals surface area (Å²) in [5.41, 5.74) is 1.84. The Labute approximate surface area is 190 Å². The number of nitrogens with zero attached hydrogens (tertiary/aromatic N) is 3. The lowest BCUT2D eigenvalue weighted by Gasteiger charge is -2.22. The highest BCUT2D eigenvalue weighted by molar-refractivity contribution is 8.00. The number of thioether (sulfide) groups is 1. The minimum absolute atomic E-state index is 0.0826. The van der Waals surface area contributed by atoms with Crippen LogP contribution in [0.4, 0.5) is 5.69 Å². The molecule has 3 aromatic carbocycles. The molecule has 6 nitrogen and oxygen atoms in total. The van der Waals surface area contributed by atoms with Crippen LogP contribution < -0.4 is 15.2 Å². The van der Waals surface area contributed by atoms with E-state index in [1.165, 1.54) is 11.8 Å². The lowest BCUT2D eigenvalue weighted by Crippen LogP contribution is -2.33. The number of fused-ring (bicyclic) bond motifs is 1. The highest BCUT2D eigenvalue weighted by Gasteiger charge is 2.23. The highest BCUT2D eigenvalue weighted by atomic mass is 32.2. The van der Waals surface area contributed by atoms with Gasteiger partial charge in [-0.3, -0.25) is 14.2 Å². The summed E-state index contributed by atoms with van der Waals surface area (Å²) in [7, 11) is 3.33. The van der Waals surface area contributed by atoms with E-state index in [1.54, 1.807) is 41.8 Å². The summed E-state index contributed by atoms with van der Waals surface area (Å²) in [5.74, 6) is 0.548. The normalized spacial score (nSPS) is 11.8. The Balaban J connectivity index is 1.77. The summed E-state index contributed by atoms with van der Waals surface area (Å²) >= 11 is 1.26. The van der Waals surface area contributed by atoms with Gasteiger partial charge in [0.2, 0.25) is 5.91 Å². The zero-order chi connectivity index (χ0) is 22.7. The molecule has 0 bridgehead atoms. The fourth-order valence-corrected chi connectivity index (χ4v) is 4.45. The summed E-state index contributed by atoms with van der Waals surface area (Å²) < 4.78 is 6.88. The molecular weight excluding hydrogens is 422 g/mol. The van der Waals surface area contributed by atoms with E-state index >= 15 is 0 Å². The van der Waals surface area contributed by atoms with Gasteiger partial charge in [0.15, 0.2) is 5.16 Å². The second kappa shape index (κ2) is 9.28. The van der Waals surface area contributed by atoms with Gasteiger partial charge in [-0.1, -0.05) is 48.2 Å². The third-order valence-corrected chi connectivity index (χ3v) is 6.20. The van der Waals surface area contributed by atoms with Crippen molar-refractivity contribution in [3.8, 4) is 11.4 Å². The average Bonchev–Trinajstić information content (AvgIpc) is 2.84. The van der Waals surface area contributed by atoms with Crippen LogP contribution in [0.3, 0.4) is 0 Å². The first-order valence-corrected chi connectivity index (χ1v) is 11.0. The summed E-state index contributed by atoms with van der Waals surface area (Å²) in [6.45, 7) is 1.82. The van der Waals surface area contributed by atoms with Crippen molar-refractivity contribution < 1.29 is 9.53 Å². The van der Waals surface area contributed by atoms with E-state index in [2.05, 4.69) is 0 Å². The largest absolute Gasteiger partial charge is 0.497 e. The minimum atomic E-state index is -0.467. The van der Waals surface area contributed by atoms with Gasteiger partial charge in [-0.2, -0.15) is 0 Å². The molecule has 0 radical (unpaired) electrons. The van der Waals surface area contributed by atoms with Gasteiger partial charge in [-0.05, 0) is 43.3 Å². The van der Waals surface area contributed by atoms with Crippen LogP contribution in [0.15, 0.2) is 88.8 Å². The van der Waals surface area contributed by atoms with Gasteiger partial charge in [-0.25, -0.2) is 4.98 Å². The lowest BCUT2D eigenvalue weighted by molar-refractivity contribution is -0.117. The Morgan fingerprint density at radius 1 is 1.03 bits per heavy atom. The number of para-hydroxylation sites is 2. The van der Waals surface area contributed by atoms with E-state index in [-0.39, 0.29) is 11.5 Å². The van der Waals surface area contributed by atoms with Crippen LogP contribution in [-0.2, 0) is 4.79 Å². The Morgan fingerprint density at radius 3 is 2.50 bits per heavy atom. The Kier molecular flexibility index (Phi) is 6.28. The number of hydrogen-bond donors (Lipinski definition) is 0. The number of rotatable bonds is 6. The van der Waals surface area contributed by atoms with Crippen LogP contribution in [0, 0.1) is 0 Å². The van der Waals surface area contributed by atoms with Crippen molar-refractivity contribution in [2.75, 3.05) is 19.1 Å². The molecule has 4 aromatic rings. The van der Waals surface area contributed by atoms with Crippen molar-refractivity contribution in [3.05, 3.63) is 89.2 Å². The van der Waals surface area contributed by atoms with E-state index in [4.69, 9.17) is 9.72 Å². The van der Waals surface area contributed by atoms with Gasteiger partial charge >= 0.3 is 0 Å². The molecule has 0 aliphatic rings. The molecule has 0 saturated heterocycles. The third kappa shape index (κ3) is 4.24. The molecule has 0 aliphatic carbocycles. The van der Waals surface area contributed by atoms with Crippen LogP contribution in [0.2, 0.25) is 0 Å². The molecule has 0 fully saturated rings. The van der Waals surface area contributed by atoms with Crippen molar-refractivity contribution in [2.45, 2.75) is 17.3 Å². The fraction of sp³-hybridized carbons (Fsp3) is 0.160. The molecule has 0 unspecified atom stereocenters. The van der Waals surface area contributed by atoms with Crippen molar-refractivity contribution in [1.82, 2.24) is 9.55 Å². The van der Waals surface area contributed by atoms with Crippen LogP contribution in [0.1, 0.15) is 6.92 Å². The first-order chi connectivity index (χ1) is 15.5. The molecule has 0 spiro atoms. The van der Waals surface area contributed by atoms with Crippen molar-refractivity contribution >= 4 is 34.3 Å². The predicted molar refractivity (Wildman–Crippen MR) is 129 cm³/mol. The number of anilines is 1. The van der Waals surface area contributed by atoms with Gasteiger partial charge in [-0.15, -0.1) is 0 Å². The molecule has 1 heterocycles. The lowest BCUT2D eigenvalue weighted by atomic mass is 10.2. The number of amides is 1. The van der Waals surface area contributed by atoms with Crippen molar-refractivity contribution in [3.63, 3.8) is 0 Å². The van der Waals surface area contributed by atoms with Gasteiger partial charge in [0, 0.05) is 18.8 Å². The third-order valence-electron chi connectivity index (χ3n) is 5.16. The SMILES string of the molecule is COc1cccc(-n2c(S[C@H](C)C(=O)N(C)c3ccccc3)nc3ccccc3c2=O)c1. The molecule has 1 atom stereocenters. The van der Waals surface area contributed by atoms with Crippen LogP contribution in [0.25, 0.3) is 16.6 Å². The zero-order valence-corrected chi connectivity index (χ0v) is 18.9. The van der Waals surface area contributed by atoms with E-state index in [1.807, 2.05) is 67.6 Å². The van der Waals surface area contributed by atoms with Gasteiger partial charge < -0.3 is 9.64 Å². The van der Waals surface area contributed by atoms with Gasteiger partial charge in [0.1, 0.15) is 5.75 Å². The maximum atomic E-state index is 13.4. The molecule has 1 aromatic heterocycles. The summed E-state index contributed by atoms with van der Waals surface area (Å²) in [4.78, 5) is 32.9. The fourth-order valence-electron chi connectivity index (χ4n) is 3.43. The molecule has 32 heavy (non-hydrogen) atoms. The number of aromatic nitrogens is 2. The van der Waals surface area contributed by atoms with Crippen LogP contribution in [0.5, 0.6) is 5.75 Å². The second-order valence-corrected chi connectivity index (χ2v) is 8.55. The maximum Gasteiger partial charge on any atom is 0.266 e. The summed E-state index contributed by atoms with van der Waals surface area (Å²) in [6, 6.07) is 23.9. The predicted octanol–water partition coefficient (Wildman–Crippen LogP) is 4.54. The van der Waals surface area contributed by atoms with Gasteiger partial charge in [0.05, 0.1) is 29.0 Å². The zero-order valence-electron chi connectivity index (χ0n) is 18.1. The Hall–Kier alpha value is -3.58. The van der Waals surface area contributed by atoms with Crippen LogP contribution in [-0.4, -0.2) is 34.9 Å². The summed E-state index contributed by atoms with van der Waals surface area (Å²) in [6.07, 6.45) is 0. The molecule has 0 saturated carbocycles. The first kappa shape index (κ1) is 21.6. The van der Waals surface area contributed by atoms with E-state index in [9.17, 15) is 9.59 Å². The molecular formula is C25H23N3O3S. The number of ether oxygens (including phenoxy) is 1. The number of carbonyl (C=O) groups excluding carboxylic acids is 1. The monoisotopic (exact) mass is 445 g/mol. The quantitative estimate of drug-likeness (QED) is 0.322.